The van der Waals surface area contributed by atoms with Gasteiger partial charge >= 0.3 is 5.97 Å². The fourth-order valence-electron chi connectivity index (χ4n) is 3.27. The number of benzene rings is 2. The van der Waals surface area contributed by atoms with Crippen molar-refractivity contribution in [3.63, 3.8) is 0 Å². The number of rotatable bonds is 6. The van der Waals surface area contributed by atoms with Gasteiger partial charge in [-0.15, -0.1) is 0 Å². The molecule has 0 aliphatic carbocycles. The number of nitrogens with one attached hydrogen (secondary N) is 1. The summed E-state index contributed by atoms with van der Waals surface area (Å²) >= 11 is 0. The molecule has 2 unspecified atom stereocenters. The standard InChI is InChI=1S/C22H24N2O5/c1-13-8-9-16(12-14(13)2)20(22(27)28)23-19(25)10-11-24-17-6-4-5-7-18(17)29-15(3)21(24)26/h4-9,12,15,20H,10-11H2,1-3H3,(H,23,25)(H,27,28). The highest BCUT2D eigenvalue weighted by Gasteiger charge is 2.31. The zero-order valence-corrected chi connectivity index (χ0v) is 16.6. The lowest BCUT2D eigenvalue weighted by Crippen LogP contribution is -2.46. The van der Waals surface area contributed by atoms with E-state index in [4.69, 9.17) is 4.74 Å². The van der Waals surface area contributed by atoms with Gasteiger partial charge in [0, 0.05) is 13.0 Å². The van der Waals surface area contributed by atoms with E-state index in [-0.39, 0.29) is 18.9 Å². The molecule has 0 fully saturated rings. The lowest BCUT2D eigenvalue weighted by molar-refractivity contribution is -0.142. The van der Waals surface area contributed by atoms with Crippen molar-refractivity contribution in [2.75, 3.05) is 11.4 Å². The Morgan fingerprint density at radius 2 is 1.90 bits per heavy atom. The molecule has 29 heavy (non-hydrogen) atoms. The molecule has 7 heteroatoms. The summed E-state index contributed by atoms with van der Waals surface area (Å²) in [6.07, 6.45) is -0.670. The van der Waals surface area contributed by atoms with Crippen molar-refractivity contribution in [2.24, 2.45) is 0 Å². The van der Waals surface area contributed by atoms with E-state index < -0.39 is 24.0 Å². The van der Waals surface area contributed by atoms with Crippen LogP contribution in [-0.2, 0) is 14.4 Å². The van der Waals surface area contributed by atoms with Gasteiger partial charge in [0.05, 0.1) is 5.69 Å². The maximum atomic E-state index is 12.5. The molecule has 0 aromatic heterocycles. The maximum absolute atomic E-state index is 12.5. The minimum absolute atomic E-state index is 0.0264. The number of ether oxygens (including phenoxy) is 1. The van der Waals surface area contributed by atoms with E-state index in [1.807, 2.05) is 26.0 Å². The predicted molar refractivity (Wildman–Crippen MR) is 108 cm³/mol. The van der Waals surface area contributed by atoms with Crippen LogP contribution in [0.4, 0.5) is 5.69 Å². The highest BCUT2D eigenvalue weighted by Crippen LogP contribution is 2.33. The first kappa shape index (κ1) is 20.4. The van der Waals surface area contributed by atoms with E-state index >= 15 is 0 Å². The lowest BCUT2D eigenvalue weighted by Gasteiger charge is -2.32. The molecule has 1 aliphatic heterocycles. The molecule has 2 atom stereocenters. The van der Waals surface area contributed by atoms with Crippen LogP contribution in [0.3, 0.4) is 0 Å². The summed E-state index contributed by atoms with van der Waals surface area (Å²) in [5.41, 5.74) is 3.11. The molecule has 2 aromatic carbocycles. The maximum Gasteiger partial charge on any atom is 0.330 e. The third-order valence-electron chi connectivity index (χ3n) is 5.05. The van der Waals surface area contributed by atoms with Gasteiger partial charge < -0.3 is 20.1 Å². The van der Waals surface area contributed by atoms with Gasteiger partial charge in [-0.1, -0.05) is 30.3 Å². The van der Waals surface area contributed by atoms with Gasteiger partial charge in [-0.25, -0.2) is 4.79 Å². The van der Waals surface area contributed by atoms with Crippen LogP contribution in [0.1, 0.15) is 36.1 Å². The van der Waals surface area contributed by atoms with Crippen LogP contribution >= 0.6 is 0 Å². The van der Waals surface area contributed by atoms with Gasteiger partial charge in [-0.3, -0.25) is 9.59 Å². The molecule has 2 aromatic rings. The molecule has 0 bridgehead atoms. The number of nitrogens with zero attached hydrogens (tertiary/aromatic N) is 1. The molecule has 2 N–H and O–H groups in total. The Hall–Kier alpha value is -3.35. The third kappa shape index (κ3) is 4.39. The monoisotopic (exact) mass is 396 g/mol. The molecule has 1 aliphatic rings. The zero-order chi connectivity index (χ0) is 21.1. The number of aliphatic carboxylic acids is 1. The number of carboxylic acids is 1. The molecule has 0 saturated heterocycles. The van der Waals surface area contributed by atoms with Crippen molar-refractivity contribution in [3.8, 4) is 5.75 Å². The Bertz CT molecular complexity index is 956. The summed E-state index contributed by atoms with van der Waals surface area (Å²) in [6, 6.07) is 11.3. The molecule has 2 amide bonds. The van der Waals surface area contributed by atoms with E-state index in [0.29, 0.717) is 17.0 Å². The first-order valence-corrected chi connectivity index (χ1v) is 9.44. The minimum Gasteiger partial charge on any atom is -0.479 e. The Morgan fingerprint density at radius 1 is 1.17 bits per heavy atom. The number of fused-ring (bicyclic) bond motifs is 1. The first-order valence-electron chi connectivity index (χ1n) is 9.44. The fraction of sp³-hybridized carbons (Fsp3) is 0.318. The van der Waals surface area contributed by atoms with Crippen LogP contribution in [0.2, 0.25) is 0 Å². The summed E-state index contributed by atoms with van der Waals surface area (Å²) in [4.78, 5) is 38.2. The quantitative estimate of drug-likeness (QED) is 0.783. The van der Waals surface area contributed by atoms with Gasteiger partial charge in [-0.2, -0.15) is 0 Å². The van der Waals surface area contributed by atoms with Crippen molar-refractivity contribution >= 4 is 23.5 Å². The SMILES string of the molecule is Cc1ccc(C(NC(=O)CCN2C(=O)C(C)Oc3ccccc32)C(=O)O)cc1C. The average molecular weight is 396 g/mol. The Balaban J connectivity index is 1.70. The summed E-state index contributed by atoms with van der Waals surface area (Å²) in [6.45, 7) is 5.62. The van der Waals surface area contributed by atoms with E-state index in [2.05, 4.69) is 5.32 Å². The van der Waals surface area contributed by atoms with Crippen molar-refractivity contribution in [3.05, 3.63) is 59.2 Å². The first-order chi connectivity index (χ1) is 13.8. The number of hydrogen-bond acceptors (Lipinski definition) is 4. The lowest BCUT2D eigenvalue weighted by atomic mass is 10.0. The second kappa shape index (κ2) is 8.34. The second-order valence-electron chi connectivity index (χ2n) is 7.15. The molecule has 7 nitrogen and oxygen atoms in total. The molecule has 1 heterocycles. The normalized spacial score (nSPS) is 16.6. The third-order valence-corrected chi connectivity index (χ3v) is 5.05. The van der Waals surface area contributed by atoms with Gasteiger partial charge in [0.2, 0.25) is 5.91 Å². The van der Waals surface area contributed by atoms with E-state index in [1.54, 1.807) is 37.3 Å². The Morgan fingerprint density at radius 3 is 2.59 bits per heavy atom. The molecule has 3 rings (SSSR count). The van der Waals surface area contributed by atoms with Crippen LogP contribution in [0.5, 0.6) is 5.75 Å². The fourth-order valence-corrected chi connectivity index (χ4v) is 3.27. The number of carbonyl (C=O) groups is 3. The molecule has 0 radical (unpaired) electrons. The number of para-hydroxylation sites is 2. The zero-order valence-electron chi connectivity index (χ0n) is 16.6. The van der Waals surface area contributed by atoms with Crippen LogP contribution in [-0.4, -0.2) is 35.5 Å². The van der Waals surface area contributed by atoms with Crippen molar-refractivity contribution in [1.29, 1.82) is 0 Å². The minimum atomic E-state index is -1.14. The van der Waals surface area contributed by atoms with Crippen LogP contribution in [0, 0.1) is 13.8 Å². The van der Waals surface area contributed by atoms with Gasteiger partial charge in [0.1, 0.15) is 5.75 Å². The molecular weight excluding hydrogens is 372 g/mol. The molecule has 152 valence electrons. The van der Waals surface area contributed by atoms with Crippen molar-refractivity contribution < 1.29 is 24.2 Å². The van der Waals surface area contributed by atoms with Crippen molar-refractivity contribution in [2.45, 2.75) is 39.3 Å². The van der Waals surface area contributed by atoms with Crippen LogP contribution in [0.25, 0.3) is 0 Å². The smallest absolute Gasteiger partial charge is 0.330 e. The summed E-state index contributed by atoms with van der Waals surface area (Å²) < 4.78 is 5.59. The highest BCUT2D eigenvalue weighted by atomic mass is 16.5. The van der Waals surface area contributed by atoms with Gasteiger partial charge in [0.15, 0.2) is 12.1 Å². The Labute approximate surface area is 169 Å². The number of carbonyl (C=O) groups excluding carboxylic acids is 2. The summed E-state index contributed by atoms with van der Waals surface area (Å²) in [7, 11) is 0. The number of anilines is 1. The molecule has 0 spiro atoms. The predicted octanol–water partition coefficient (Wildman–Crippen LogP) is 2.75. The Kier molecular flexibility index (Phi) is 5.87. The largest absolute Gasteiger partial charge is 0.479 e. The number of hydrogen-bond donors (Lipinski definition) is 2. The van der Waals surface area contributed by atoms with E-state index in [1.165, 1.54) is 4.90 Å². The van der Waals surface area contributed by atoms with Crippen molar-refractivity contribution in [1.82, 2.24) is 5.32 Å². The summed E-state index contributed by atoms with van der Waals surface area (Å²) in [5, 5.41) is 12.1. The van der Waals surface area contributed by atoms with Crippen LogP contribution in [0.15, 0.2) is 42.5 Å². The molecule has 0 saturated carbocycles. The topological polar surface area (TPSA) is 95.9 Å². The number of aryl methyl sites for hydroxylation is 2. The molecular formula is C22H24N2O5. The average Bonchev–Trinajstić information content (AvgIpc) is 2.68. The van der Waals surface area contributed by atoms with Crippen LogP contribution < -0.4 is 15.0 Å². The number of amides is 2. The second-order valence-corrected chi connectivity index (χ2v) is 7.15. The van der Waals surface area contributed by atoms with E-state index in [9.17, 15) is 19.5 Å². The van der Waals surface area contributed by atoms with Gasteiger partial charge in [-0.05, 0) is 49.6 Å². The summed E-state index contributed by atoms with van der Waals surface area (Å²) in [5.74, 6) is -1.23. The number of carboxylic acid groups (broad SMARTS) is 1. The highest BCUT2D eigenvalue weighted by molar-refractivity contribution is 6.00. The van der Waals surface area contributed by atoms with E-state index in [0.717, 1.165) is 11.1 Å². The van der Waals surface area contributed by atoms with Gasteiger partial charge in [0.25, 0.3) is 5.91 Å².